The topological polar surface area (TPSA) is 57.6 Å². The molecule has 1 aliphatic carbocycles. The average molecular weight is 273 g/mol. The van der Waals surface area contributed by atoms with Crippen LogP contribution in [0, 0.1) is 5.92 Å². The van der Waals surface area contributed by atoms with Gasteiger partial charge in [-0.25, -0.2) is 0 Å². The zero-order valence-corrected chi connectivity index (χ0v) is 11.5. The molecule has 106 valence electrons. The molecular formula is C16H19NO3. The van der Waals surface area contributed by atoms with Crippen molar-refractivity contribution in [2.45, 2.75) is 38.5 Å². The molecule has 3 rings (SSSR count). The minimum Gasteiger partial charge on any atom is -0.481 e. The van der Waals surface area contributed by atoms with Crippen LogP contribution in [0.1, 0.15) is 36.8 Å². The summed E-state index contributed by atoms with van der Waals surface area (Å²) in [5, 5.41) is 9.19. The Bertz CT molecular complexity index is 553. The molecule has 0 bridgehead atoms. The predicted octanol–water partition coefficient (Wildman–Crippen LogP) is 2.39. The van der Waals surface area contributed by atoms with Gasteiger partial charge in [-0.15, -0.1) is 0 Å². The van der Waals surface area contributed by atoms with E-state index in [1.54, 1.807) is 4.90 Å². The molecule has 1 aliphatic heterocycles. The molecule has 1 unspecified atom stereocenters. The van der Waals surface area contributed by atoms with Gasteiger partial charge in [-0.1, -0.05) is 12.1 Å². The first-order chi connectivity index (χ1) is 9.66. The zero-order valence-electron chi connectivity index (χ0n) is 11.5. The van der Waals surface area contributed by atoms with Crippen molar-refractivity contribution in [2.75, 3.05) is 11.4 Å². The van der Waals surface area contributed by atoms with Crippen molar-refractivity contribution in [1.29, 1.82) is 0 Å². The molecule has 1 aromatic carbocycles. The average Bonchev–Trinajstić information content (AvgIpc) is 2.47. The highest BCUT2D eigenvalue weighted by Gasteiger charge is 2.32. The molecule has 1 aromatic rings. The Balaban J connectivity index is 1.94. The molecule has 4 heteroatoms. The summed E-state index contributed by atoms with van der Waals surface area (Å²) in [5.41, 5.74) is 3.51. The molecule has 20 heavy (non-hydrogen) atoms. The number of amides is 1. The smallest absolute Gasteiger partial charge is 0.308 e. The van der Waals surface area contributed by atoms with Crippen LogP contribution in [0.5, 0.6) is 0 Å². The first kappa shape index (κ1) is 13.2. The van der Waals surface area contributed by atoms with E-state index < -0.39 is 11.9 Å². The van der Waals surface area contributed by atoms with Crippen molar-refractivity contribution in [3.8, 4) is 0 Å². The molecule has 0 spiro atoms. The summed E-state index contributed by atoms with van der Waals surface area (Å²) in [6.45, 7) is 0.310. The fourth-order valence-corrected chi connectivity index (χ4v) is 3.29. The molecule has 1 N–H and O–H groups in total. The summed E-state index contributed by atoms with van der Waals surface area (Å²) in [7, 11) is 0. The van der Waals surface area contributed by atoms with Crippen molar-refractivity contribution in [2.24, 2.45) is 5.92 Å². The van der Waals surface area contributed by atoms with Crippen molar-refractivity contribution >= 4 is 17.6 Å². The Morgan fingerprint density at radius 3 is 2.80 bits per heavy atom. The summed E-state index contributed by atoms with van der Waals surface area (Å²) < 4.78 is 0. The van der Waals surface area contributed by atoms with E-state index in [2.05, 4.69) is 6.07 Å². The van der Waals surface area contributed by atoms with Gasteiger partial charge in [-0.2, -0.15) is 0 Å². The van der Waals surface area contributed by atoms with Crippen LogP contribution in [0.2, 0.25) is 0 Å². The number of rotatable bonds is 2. The standard InChI is InChI=1S/C16H19NO3/c18-15-9-8-12(16(19)20)10-17(15)14-7-3-5-11-4-1-2-6-13(11)14/h3,5,7,12H,1-2,4,6,8-10H2,(H,19,20). The van der Waals surface area contributed by atoms with Crippen LogP contribution in [0.15, 0.2) is 18.2 Å². The van der Waals surface area contributed by atoms with E-state index in [0.717, 1.165) is 24.9 Å². The second-order valence-electron chi connectivity index (χ2n) is 5.70. The number of carbonyl (C=O) groups excluding carboxylic acids is 1. The molecular weight excluding hydrogens is 254 g/mol. The maximum absolute atomic E-state index is 12.2. The third kappa shape index (κ3) is 2.30. The Kier molecular flexibility index (Phi) is 3.47. The number of carboxylic acid groups (broad SMARTS) is 1. The van der Waals surface area contributed by atoms with Gasteiger partial charge in [0.25, 0.3) is 0 Å². The molecule has 1 heterocycles. The van der Waals surface area contributed by atoms with Crippen LogP contribution in [0.25, 0.3) is 0 Å². The number of fused-ring (bicyclic) bond motifs is 1. The van der Waals surface area contributed by atoms with Crippen LogP contribution in [-0.2, 0) is 22.4 Å². The summed E-state index contributed by atoms with van der Waals surface area (Å²) in [4.78, 5) is 25.1. The van der Waals surface area contributed by atoms with Gasteiger partial charge < -0.3 is 10.0 Å². The van der Waals surface area contributed by atoms with Gasteiger partial charge in [0.05, 0.1) is 5.92 Å². The van der Waals surface area contributed by atoms with Crippen LogP contribution in [-0.4, -0.2) is 23.5 Å². The number of piperidine rings is 1. The highest BCUT2D eigenvalue weighted by Crippen LogP contribution is 2.33. The minimum atomic E-state index is -0.799. The number of hydrogen-bond acceptors (Lipinski definition) is 2. The van der Waals surface area contributed by atoms with Crippen LogP contribution >= 0.6 is 0 Å². The monoisotopic (exact) mass is 273 g/mol. The fourth-order valence-electron chi connectivity index (χ4n) is 3.29. The summed E-state index contributed by atoms with van der Waals surface area (Å²) in [6.07, 6.45) is 5.19. The predicted molar refractivity (Wildman–Crippen MR) is 75.8 cm³/mol. The second-order valence-corrected chi connectivity index (χ2v) is 5.70. The van der Waals surface area contributed by atoms with E-state index in [9.17, 15) is 14.7 Å². The van der Waals surface area contributed by atoms with Crippen LogP contribution in [0.4, 0.5) is 5.69 Å². The van der Waals surface area contributed by atoms with E-state index in [1.165, 1.54) is 17.5 Å². The lowest BCUT2D eigenvalue weighted by atomic mass is 9.89. The van der Waals surface area contributed by atoms with Gasteiger partial charge in [-0.05, 0) is 49.3 Å². The lowest BCUT2D eigenvalue weighted by molar-refractivity contribution is -0.142. The van der Waals surface area contributed by atoms with Crippen LogP contribution < -0.4 is 4.90 Å². The molecule has 1 saturated heterocycles. The third-order valence-electron chi connectivity index (χ3n) is 4.42. The van der Waals surface area contributed by atoms with Crippen LogP contribution in [0.3, 0.4) is 0 Å². The molecule has 2 aliphatic rings. The van der Waals surface area contributed by atoms with Crippen molar-refractivity contribution < 1.29 is 14.7 Å². The first-order valence-electron chi connectivity index (χ1n) is 7.31. The van der Waals surface area contributed by atoms with E-state index in [0.29, 0.717) is 19.4 Å². The Morgan fingerprint density at radius 1 is 1.20 bits per heavy atom. The van der Waals surface area contributed by atoms with Gasteiger partial charge in [0.2, 0.25) is 5.91 Å². The number of hydrogen-bond donors (Lipinski definition) is 1. The third-order valence-corrected chi connectivity index (χ3v) is 4.42. The normalized spacial score (nSPS) is 22.5. The number of benzene rings is 1. The largest absolute Gasteiger partial charge is 0.481 e. The Morgan fingerprint density at radius 2 is 2.00 bits per heavy atom. The number of nitrogens with zero attached hydrogens (tertiary/aromatic N) is 1. The molecule has 0 radical (unpaired) electrons. The van der Waals surface area contributed by atoms with Gasteiger partial charge in [0.1, 0.15) is 0 Å². The lowest BCUT2D eigenvalue weighted by Crippen LogP contribution is -2.43. The van der Waals surface area contributed by atoms with Gasteiger partial charge in [-0.3, -0.25) is 9.59 Å². The first-order valence-corrected chi connectivity index (χ1v) is 7.31. The van der Waals surface area contributed by atoms with E-state index in [-0.39, 0.29) is 5.91 Å². The number of aryl methyl sites for hydroxylation is 1. The number of anilines is 1. The van der Waals surface area contributed by atoms with Crippen molar-refractivity contribution in [3.63, 3.8) is 0 Å². The van der Waals surface area contributed by atoms with Crippen molar-refractivity contribution in [3.05, 3.63) is 29.3 Å². The highest BCUT2D eigenvalue weighted by molar-refractivity contribution is 5.96. The fraction of sp³-hybridized carbons (Fsp3) is 0.500. The molecule has 1 atom stereocenters. The molecule has 1 fully saturated rings. The van der Waals surface area contributed by atoms with E-state index in [4.69, 9.17) is 0 Å². The van der Waals surface area contributed by atoms with E-state index >= 15 is 0 Å². The zero-order chi connectivity index (χ0) is 14.1. The van der Waals surface area contributed by atoms with Gasteiger partial charge in [0, 0.05) is 18.7 Å². The number of aliphatic carboxylic acids is 1. The molecule has 1 amide bonds. The highest BCUT2D eigenvalue weighted by atomic mass is 16.4. The minimum absolute atomic E-state index is 0.0569. The quantitative estimate of drug-likeness (QED) is 0.900. The number of carboxylic acids is 1. The maximum atomic E-state index is 12.2. The Hall–Kier alpha value is -1.84. The maximum Gasteiger partial charge on any atom is 0.308 e. The van der Waals surface area contributed by atoms with Gasteiger partial charge >= 0.3 is 5.97 Å². The summed E-state index contributed by atoms with van der Waals surface area (Å²) >= 11 is 0. The van der Waals surface area contributed by atoms with E-state index in [1.807, 2.05) is 12.1 Å². The van der Waals surface area contributed by atoms with Crippen molar-refractivity contribution in [1.82, 2.24) is 0 Å². The molecule has 0 aromatic heterocycles. The number of carbonyl (C=O) groups is 2. The Labute approximate surface area is 118 Å². The second kappa shape index (κ2) is 5.27. The van der Waals surface area contributed by atoms with Gasteiger partial charge in [0.15, 0.2) is 0 Å². The lowest BCUT2D eigenvalue weighted by Gasteiger charge is -2.33. The summed E-state index contributed by atoms with van der Waals surface area (Å²) in [5.74, 6) is -1.18. The SMILES string of the molecule is O=C(O)C1CCC(=O)N(c2cccc3c2CCCC3)C1. The molecule has 4 nitrogen and oxygen atoms in total. The summed E-state index contributed by atoms with van der Waals surface area (Å²) in [6, 6.07) is 6.07. The molecule has 0 saturated carbocycles.